The predicted octanol–water partition coefficient (Wildman–Crippen LogP) is -0.200. The Morgan fingerprint density at radius 2 is 1.81 bits per heavy atom. The van der Waals surface area contributed by atoms with Crippen molar-refractivity contribution in [1.82, 2.24) is 0 Å². The van der Waals surface area contributed by atoms with Gasteiger partial charge in [-0.3, -0.25) is 0 Å². The largest absolute Gasteiger partial charge is 0.387 e. The smallest absolute Gasteiger partial charge is 0.189 e. The highest BCUT2D eigenvalue weighted by Crippen LogP contribution is 2.55. The topological polar surface area (TPSA) is 88.4 Å². The third kappa shape index (κ3) is 2.11. The van der Waals surface area contributed by atoms with Crippen molar-refractivity contribution in [1.29, 1.82) is 0 Å². The van der Waals surface area contributed by atoms with E-state index < -0.39 is 35.8 Å². The molecule has 0 amide bonds. The number of aliphatic hydroxyl groups excluding tert-OH is 2. The van der Waals surface area contributed by atoms with Gasteiger partial charge in [0, 0.05) is 7.11 Å². The maximum Gasteiger partial charge on any atom is 0.189 e. The molecular formula is C15H20O6. The van der Waals surface area contributed by atoms with Gasteiger partial charge in [0.2, 0.25) is 0 Å². The number of methoxy groups -OCH3 is 1. The summed E-state index contributed by atoms with van der Waals surface area (Å²) in [6.07, 6.45) is -4.04. The number of rotatable bonds is 4. The Morgan fingerprint density at radius 1 is 1.19 bits per heavy atom. The third-order valence-electron chi connectivity index (χ3n) is 4.32. The Balaban J connectivity index is 1.80. The van der Waals surface area contributed by atoms with E-state index in [-0.39, 0.29) is 6.61 Å². The van der Waals surface area contributed by atoms with Crippen molar-refractivity contribution in [3.05, 3.63) is 35.9 Å². The van der Waals surface area contributed by atoms with Crippen LogP contribution in [0.4, 0.5) is 0 Å². The van der Waals surface area contributed by atoms with Gasteiger partial charge in [-0.05, 0) is 12.5 Å². The first-order valence-corrected chi connectivity index (χ1v) is 6.89. The zero-order valence-electron chi connectivity index (χ0n) is 12.0. The molecule has 6 nitrogen and oxygen atoms in total. The zero-order chi connectivity index (χ0) is 15.3. The van der Waals surface area contributed by atoms with Crippen LogP contribution in [0.15, 0.2) is 30.3 Å². The van der Waals surface area contributed by atoms with E-state index in [0.29, 0.717) is 0 Å². The molecule has 5 atom stereocenters. The molecule has 1 saturated heterocycles. The summed E-state index contributed by atoms with van der Waals surface area (Å²) in [7, 11) is 1.40. The van der Waals surface area contributed by atoms with Gasteiger partial charge in [0.15, 0.2) is 11.9 Å². The maximum absolute atomic E-state index is 10.6. The van der Waals surface area contributed by atoms with Crippen molar-refractivity contribution in [2.24, 2.45) is 0 Å². The molecule has 1 aliphatic carbocycles. The summed E-state index contributed by atoms with van der Waals surface area (Å²) in [5.74, 6) is 0. The Hall–Kier alpha value is -1.02. The SMILES string of the molecule is COC1OC2(C(O)C2O)C(OCc2ccccc2)C1(C)O. The fourth-order valence-electron chi connectivity index (χ4n) is 3.08. The van der Waals surface area contributed by atoms with Crippen LogP contribution in [0.25, 0.3) is 0 Å². The van der Waals surface area contributed by atoms with E-state index in [1.54, 1.807) is 0 Å². The van der Waals surface area contributed by atoms with Crippen molar-refractivity contribution < 1.29 is 29.5 Å². The third-order valence-corrected chi connectivity index (χ3v) is 4.32. The van der Waals surface area contributed by atoms with Gasteiger partial charge in [0.05, 0.1) is 6.61 Å². The molecule has 1 aliphatic heterocycles. The molecule has 3 N–H and O–H groups in total. The van der Waals surface area contributed by atoms with Crippen molar-refractivity contribution in [3.8, 4) is 0 Å². The molecule has 2 aliphatic rings. The van der Waals surface area contributed by atoms with E-state index in [2.05, 4.69) is 0 Å². The normalized spacial score (nSPS) is 45.2. The summed E-state index contributed by atoms with van der Waals surface area (Å²) in [5, 5.41) is 30.4. The highest BCUT2D eigenvalue weighted by molar-refractivity contribution is 5.28. The highest BCUT2D eigenvalue weighted by Gasteiger charge is 2.80. The molecule has 0 bridgehead atoms. The van der Waals surface area contributed by atoms with Gasteiger partial charge in [-0.25, -0.2) is 0 Å². The van der Waals surface area contributed by atoms with Gasteiger partial charge in [0.1, 0.15) is 23.9 Å². The Bertz CT molecular complexity index is 494. The van der Waals surface area contributed by atoms with E-state index in [0.717, 1.165) is 5.56 Å². The summed E-state index contributed by atoms with van der Waals surface area (Å²) in [6.45, 7) is 1.76. The molecule has 1 aromatic rings. The summed E-state index contributed by atoms with van der Waals surface area (Å²) in [4.78, 5) is 0. The first-order chi connectivity index (χ1) is 9.94. The molecule has 3 rings (SSSR count). The van der Waals surface area contributed by atoms with Crippen LogP contribution in [0.3, 0.4) is 0 Å². The molecule has 5 unspecified atom stereocenters. The first kappa shape index (κ1) is 14.9. The lowest BCUT2D eigenvalue weighted by Gasteiger charge is -2.29. The summed E-state index contributed by atoms with van der Waals surface area (Å²) in [5.41, 5.74) is -1.87. The van der Waals surface area contributed by atoms with E-state index in [4.69, 9.17) is 14.2 Å². The lowest BCUT2D eigenvalue weighted by Crippen LogP contribution is -2.49. The average Bonchev–Trinajstić information content (AvgIpc) is 2.88. The second kappa shape index (κ2) is 5.01. The minimum absolute atomic E-state index is 0.239. The molecule has 21 heavy (non-hydrogen) atoms. The van der Waals surface area contributed by atoms with E-state index >= 15 is 0 Å². The zero-order valence-corrected chi connectivity index (χ0v) is 12.0. The van der Waals surface area contributed by atoms with Gasteiger partial charge in [0.25, 0.3) is 0 Å². The number of benzene rings is 1. The standard InChI is InChI=1S/C15H20O6/c1-14(18)12(20-8-9-6-4-3-5-7-9)15(10(16)11(15)17)21-13(14)19-2/h3-7,10-13,16-18H,8H2,1-2H3. The number of hydrogen-bond acceptors (Lipinski definition) is 6. The second-order valence-corrected chi connectivity index (χ2v) is 5.83. The number of ether oxygens (including phenoxy) is 3. The van der Waals surface area contributed by atoms with Crippen molar-refractivity contribution in [2.75, 3.05) is 7.11 Å². The Morgan fingerprint density at radius 3 is 2.33 bits per heavy atom. The minimum atomic E-state index is -1.47. The first-order valence-electron chi connectivity index (χ1n) is 6.89. The summed E-state index contributed by atoms with van der Waals surface area (Å²) in [6, 6.07) is 9.46. The van der Waals surface area contributed by atoms with Gasteiger partial charge < -0.3 is 29.5 Å². The Labute approximate surface area is 122 Å². The molecule has 116 valence electrons. The number of hydrogen-bond donors (Lipinski definition) is 3. The minimum Gasteiger partial charge on any atom is -0.387 e. The van der Waals surface area contributed by atoms with Crippen molar-refractivity contribution in [3.63, 3.8) is 0 Å². The van der Waals surface area contributed by atoms with Crippen LogP contribution in [0.5, 0.6) is 0 Å². The lowest BCUT2D eigenvalue weighted by molar-refractivity contribution is -0.193. The molecule has 6 heteroatoms. The van der Waals surface area contributed by atoms with Crippen LogP contribution < -0.4 is 0 Å². The van der Waals surface area contributed by atoms with Crippen LogP contribution >= 0.6 is 0 Å². The molecule has 1 spiro atoms. The van der Waals surface area contributed by atoms with Crippen LogP contribution in [-0.4, -0.2) is 58.2 Å². The average molecular weight is 296 g/mol. The molecule has 1 saturated carbocycles. The van der Waals surface area contributed by atoms with Crippen molar-refractivity contribution in [2.45, 2.75) is 49.3 Å². The van der Waals surface area contributed by atoms with Crippen LogP contribution in [0, 0.1) is 0 Å². The van der Waals surface area contributed by atoms with Gasteiger partial charge in [-0.1, -0.05) is 30.3 Å². The number of aliphatic hydroxyl groups is 3. The van der Waals surface area contributed by atoms with Gasteiger partial charge >= 0.3 is 0 Å². The van der Waals surface area contributed by atoms with Crippen LogP contribution in [0.1, 0.15) is 12.5 Å². The van der Waals surface area contributed by atoms with Gasteiger partial charge in [-0.15, -0.1) is 0 Å². The highest BCUT2D eigenvalue weighted by atomic mass is 16.7. The maximum atomic E-state index is 10.6. The van der Waals surface area contributed by atoms with Gasteiger partial charge in [-0.2, -0.15) is 0 Å². The molecule has 1 aromatic carbocycles. The monoisotopic (exact) mass is 296 g/mol. The predicted molar refractivity (Wildman–Crippen MR) is 72.3 cm³/mol. The van der Waals surface area contributed by atoms with Crippen LogP contribution in [0.2, 0.25) is 0 Å². The Kier molecular flexibility index (Phi) is 3.56. The molecule has 0 radical (unpaired) electrons. The lowest BCUT2D eigenvalue weighted by atomic mass is 9.95. The van der Waals surface area contributed by atoms with E-state index in [1.807, 2.05) is 30.3 Å². The quantitative estimate of drug-likeness (QED) is 0.713. The summed E-state index contributed by atoms with van der Waals surface area (Å²) >= 11 is 0. The fraction of sp³-hybridized carbons (Fsp3) is 0.600. The molecule has 0 aromatic heterocycles. The molecular weight excluding hydrogens is 276 g/mol. The second-order valence-electron chi connectivity index (χ2n) is 5.83. The van der Waals surface area contributed by atoms with E-state index in [9.17, 15) is 15.3 Å². The van der Waals surface area contributed by atoms with Crippen molar-refractivity contribution >= 4 is 0 Å². The molecule has 1 heterocycles. The molecule has 2 fully saturated rings. The van der Waals surface area contributed by atoms with Crippen LogP contribution in [-0.2, 0) is 20.8 Å². The summed E-state index contributed by atoms with van der Waals surface area (Å²) < 4.78 is 16.4. The fourth-order valence-corrected chi connectivity index (χ4v) is 3.08. The van der Waals surface area contributed by atoms with E-state index in [1.165, 1.54) is 14.0 Å².